The molecule has 1 N–H and O–H groups in total. The highest BCUT2D eigenvalue weighted by Crippen LogP contribution is 2.27. The van der Waals surface area contributed by atoms with Gasteiger partial charge < -0.3 is 4.90 Å². The molecule has 5 rings (SSSR count). The summed E-state index contributed by atoms with van der Waals surface area (Å²) in [6.07, 6.45) is 7.53. The number of nitrogens with one attached hydrogen (secondary N) is 1. The highest BCUT2D eigenvalue weighted by Gasteiger charge is 2.31. The Morgan fingerprint density at radius 2 is 2.03 bits per heavy atom. The molecule has 1 amide bonds. The minimum absolute atomic E-state index is 0.0323. The van der Waals surface area contributed by atoms with E-state index in [0.29, 0.717) is 11.3 Å². The molecule has 1 aliphatic rings. The Balaban J connectivity index is 1.41. The van der Waals surface area contributed by atoms with Crippen LogP contribution < -0.4 is 0 Å². The number of H-pyrrole nitrogens is 1. The van der Waals surface area contributed by atoms with Crippen molar-refractivity contribution in [2.24, 2.45) is 0 Å². The first-order valence-corrected chi connectivity index (χ1v) is 10.4. The van der Waals surface area contributed by atoms with Crippen LogP contribution >= 0.6 is 0 Å². The minimum atomic E-state index is 0.0323. The summed E-state index contributed by atoms with van der Waals surface area (Å²) in [7, 11) is 0. The van der Waals surface area contributed by atoms with E-state index >= 15 is 0 Å². The third kappa shape index (κ3) is 3.84. The van der Waals surface area contributed by atoms with Crippen molar-refractivity contribution >= 4 is 5.91 Å². The summed E-state index contributed by atoms with van der Waals surface area (Å²) in [6.45, 7) is 2.75. The Hall–Kier alpha value is -3.81. The Labute approximate surface area is 179 Å². The molecule has 0 radical (unpaired) electrons. The maximum absolute atomic E-state index is 13.6. The number of nitrogens with zero attached hydrogens (tertiary/aromatic N) is 6. The molecule has 3 heterocycles. The van der Waals surface area contributed by atoms with Crippen LogP contribution in [0.3, 0.4) is 0 Å². The zero-order chi connectivity index (χ0) is 21.2. The number of aryl methyl sites for hydroxylation is 1. The normalized spacial score (nSPS) is 16.0. The highest BCUT2D eigenvalue weighted by molar-refractivity contribution is 5.98. The summed E-state index contributed by atoms with van der Waals surface area (Å²) >= 11 is 0. The summed E-state index contributed by atoms with van der Waals surface area (Å²) in [5.41, 5.74) is 4.56. The molecule has 0 unspecified atom stereocenters. The lowest BCUT2D eigenvalue weighted by atomic mass is 10.0. The summed E-state index contributed by atoms with van der Waals surface area (Å²) < 4.78 is 0. The van der Waals surface area contributed by atoms with Crippen LogP contribution in [-0.2, 0) is 6.42 Å². The first kappa shape index (κ1) is 19.2. The molecule has 2 aromatic carbocycles. The van der Waals surface area contributed by atoms with Crippen LogP contribution in [0.25, 0.3) is 17.1 Å². The minimum Gasteiger partial charge on any atom is -0.335 e. The van der Waals surface area contributed by atoms with Crippen molar-refractivity contribution in [2.45, 2.75) is 32.2 Å². The average Bonchev–Trinajstić information content (AvgIpc) is 3.56. The van der Waals surface area contributed by atoms with Crippen LogP contribution in [0, 0.1) is 6.92 Å². The second-order valence-corrected chi connectivity index (χ2v) is 7.87. The van der Waals surface area contributed by atoms with E-state index in [0.717, 1.165) is 42.8 Å². The van der Waals surface area contributed by atoms with E-state index in [-0.39, 0.29) is 11.9 Å². The monoisotopic (exact) mass is 413 g/mol. The second-order valence-electron chi connectivity index (χ2n) is 7.87. The number of aromatic amines is 1. The molecule has 4 aromatic rings. The van der Waals surface area contributed by atoms with E-state index in [4.69, 9.17) is 0 Å². The van der Waals surface area contributed by atoms with Crippen molar-refractivity contribution in [1.29, 1.82) is 0 Å². The fraction of sp³-hybridized carbons (Fsp3) is 0.261. The number of hydrogen-bond acceptors (Lipinski definition) is 5. The SMILES string of the molecule is Cc1ccc(-n2nccn2)c(C(=O)N2CCC[C@H]2Cc2cccc(-c3ncn[nH]3)c2)c1. The predicted octanol–water partition coefficient (Wildman–Crippen LogP) is 3.21. The fourth-order valence-corrected chi connectivity index (χ4v) is 4.27. The molecule has 1 saturated heterocycles. The van der Waals surface area contributed by atoms with Crippen molar-refractivity contribution in [3.63, 3.8) is 0 Å². The summed E-state index contributed by atoms with van der Waals surface area (Å²) in [5, 5.41) is 15.3. The van der Waals surface area contributed by atoms with Crippen LogP contribution in [0.2, 0.25) is 0 Å². The second kappa shape index (κ2) is 8.14. The van der Waals surface area contributed by atoms with Crippen LogP contribution in [0.5, 0.6) is 0 Å². The Kier molecular flexibility index (Phi) is 5.03. The lowest BCUT2D eigenvalue weighted by molar-refractivity contribution is 0.0736. The van der Waals surface area contributed by atoms with Gasteiger partial charge in [0.05, 0.1) is 23.6 Å². The number of aromatic nitrogens is 6. The van der Waals surface area contributed by atoms with E-state index < -0.39 is 0 Å². The third-order valence-corrected chi connectivity index (χ3v) is 5.74. The molecule has 0 aliphatic carbocycles. The molecule has 156 valence electrons. The van der Waals surface area contributed by atoms with Gasteiger partial charge in [0.2, 0.25) is 0 Å². The molecular formula is C23H23N7O. The van der Waals surface area contributed by atoms with Crippen LogP contribution in [-0.4, -0.2) is 53.6 Å². The summed E-state index contributed by atoms with van der Waals surface area (Å²) in [4.78, 5) is 21.4. The molecule has 2 aromatic heterocycles. The topological polar surface area (TPSA) is 92.6 Å². The van der Waals surface area contributed by atoms with Gasteiger partial charge in [-0.2, -0.15) is 20.1 Å². The Morgan fingerprint density at radius 1 is 1.16 bits per heavy atom. The summed E-state index contributed by atoms with van der Waals surface area (Å²) in [5.74, 6) is 0.780. The quantitative estimate of drug-likeness (QED) is 0.542. The molecule has 0 spiro atoms. The standard InChI is InChI=1S/C23H23N7O/c1-16-7-8-21(30-26-9-10-27-30)20(12-16)23(31)29-11-3-6-19(29)14-17-4-2-5-18(13-17)22-24-15-25-28-22/h2,4-5,7-10,12-13,15,19H,3,6,11,14H2,1H3,(H,24,25,28)/t19-/m0/s1. The molecule has 0 saturated carbocycles. The van der Waals surface area contributed by atoms with E-state index in [1.807, 2.05) is 42.2 Å². The van der Waals surface area contributed by atoms with Gasteiger partial charge in [-0.15, -0.1) is 0 Å². The van der Waals surface area contributed by atoms with Crippen molar-refractivity contribution < 1.29 is 4.79 Å². The van der Waals surface area contributed by atoms with Crippen LogP contribution in [0.4, 0.5) is 0 Å². The predicted molar refractivity (Wildman–Crippen MR) is 116 cm³/mol. The largest absolute Gasteiger partial charge is 0.335 e. The number of carbonyl (C=O) groups is 1. The van der Waals surface area contributed by atoms with Gasteiger partial charge in [-0.25, -0.2) is 4.98 Å². The van der Waals surface area contributed by atoms with E-state index in [9.17, 15) is 4.79 Å². The van der Waals surface area contributed by atoms with Gasteiger partial charge >= 0.3 is 0 Å². The number of benzene rings is 2. The molecule has 1 atom stereocenters. The number of carbonyl (C=O) groups excluding carboxylic acids is 1. The van der Waals surface area contributed by atoms with Gasteiger partial charge in [0.1, 0.15) is 6.33 Å². The smallest absolute Gasteiger partial charge is 0.256 e. The van der Waals surface area contributed by atoms with Crippen molar-refractivity contribution in [3.05, 3.63) is 77.9 Å². The average molecular weight is 413 g/mol. The fourth-order valence-electron chi connectivity index (χ4n) is 4.27. The maximum Gasteiger partial charge on any atom is 0.256 e. The van der Waals surface area contributed by atoms with Gasteiger partial charge in [-0.1, -0.05) is 29.8 Å². The first-order chi connectivity index (χ1) is 15.2. The maximum atomic E-state index is 13.6. The van der Waals surface area contributed by atoms with Gasteiger partial charge in [-0.3, -0.25) is 9.89 Å². The van der Waals surface area contributed by atoms with Crippen molar-refractivity contribution in [2.75, 3.05) is 6.54 Å². The Morgan fingerprint density at radius 3 is 2.84 bits per heavy atom. The number of hydrogen-bond donors (Lipinski definition) is 1. The molecule has 0 bridgehead atoms. The van der Waals surface area contributed by atoms with E-state index in [1.165, 1.54) is 16.7 Å². The van der Waals surface area contributed by atoms with Crippen molar-refractivity contribution in [1.82, 2.24) is 35.1 Å². The zero-order valence-corrected chi connectivity index (χ0v) is 17.3. The summed E-state index contributed by atoms with van der Waals surface area (Å²) in [6, 6.07) is 14.2. The van der Waals surface area contributed by atoms with Crippen molar-refractivity contribution in [3.8, 4) is 17.1 Å². The van der Waals surface area contributed by atoms with Gasteiger partial charge in [0, 0.05) is 18.2 Å². The molecule has 1 fully saturated rings. The molecule has 1 aliphatic heterocycles. The first-order valence-electron chi connectivity index (χ1n) is 10.4. The van der Waals surface area contributed by atoms with Gasteiger partial charge in [-0.05, 0) is 49.9 Å². The number of likely N-dealkylation sites (tertiary alicyclic amines) is 1. The lowest BCUT2D eigenvalue weighted by Crippen LogP contribution is -2.37. The van der Waals surface area contributed by atoms with Crippen LogP contribution in [0.1, 0.15) is 34.3 Å². The van der Waals surface area contributed by atoms with E-state index in [2.05, 4.69) is 37.5 Å². The number of rotatable bonds is 5. The highest BCUT2D eigenvalue weighted by atomic mass is 16.2. The Bertz CT molecular complexity index is 1180. The zero-order valence-electron chi connectivity index (χ0n) is 17.3. The van der Waals surface area contributed by atoms with E-state index in [1.54, 1.807) is 12.4 Å². The molecule has 8 nitrogen and oxygen atoms in total. The number of amides is 1. The lowest BCUT2D eigenvalue weighted by Gasteiger charge is -2.26. The van der Waals surface area contributed by atoms with Gasteiger partial charge in [0.15, 0.2) is 5.82 Å². The van der Waals surface area contributed by atoms with Gasteiger partial charge in [0.25, 0.3) is 5.91 Å². The molecule has 31 heavy (non-hydrogen) atoms. The molecular weight excluding hydrogens is 390 g/mol. The van der Waals surface area contributed by atoms with Crippen LogP contribution in [0.15, 0.2) is 61.2 Å². The molecule has 8 heteroatoms. The third-order valence-electron chi connectivity index (χ3n) is 5.74.